The van der Waals surface area contributed by atoms with Crippen molar-refractivity contribution in [2.45, 2.75) is 76.4 Å². The molecule has 1 aliphatic rings. The van der Waals surface area contributed by atoms with Gasteiger partial charge in [0.05, 0.1) is 5.75 Å². The number of benzene rings is 1. The third-order valence-electron chi connectivity index (χ3n) is 4.60. The Hall–Kier alpha value is -0.760. The van der Waals surface area contributed by atoms with Gasteiger partial charge in [0.15, 0.2) is 5.78 Å². The van der Waals surface area contributed by atoms with Gasteiger partial charge in [0.2, 0.25) is 0 Å². The van der Waals surface area contributed by atoms with Crippen molar-refractivity contribution in [1.29, 1.82) is 0 Å². The van der Waals surface area contributed by atoms with Crippen molar-refractivity contribution < 1.29 is 4.79 Å². The van der Waals surface area contributed by atoms with Gasteiger partial charge in [-0.1, -0.05) is 69.7 Å². The highest BCUT2D eigenvalue weighted by molar-refractivity contribution is 8.00. The number of ketones is 1. The predicted molar refractivity (Wildman–Crippen MR) is 97.9 cm³/mol. The Bertz CT molecular complexity index is 432. The molecule has 0 unspecified atom stereocenters. The lowest BCUT2D eigenvalue weighted by Crippen LogP contribution is -2.12. The number of hydrogen-bond donors (Lipinski definition) is 0. The minimum absolute atomic E-state index is 0.299. The summed E-state index contributed by atoms with van der Waals surface area (Å²) in [5, 5.41) is 0.718. The molecule has 1 aliphatic carbocycles. The molecular formula is C20H30OS. The van der Waals surface area contributed by atoms with Crippen LogP contribution in [0.5, 0.6) is 0 Å². The van der Waals surface area contributed by atoms with E-state index in [-0.39, 0.29) is 0 Å². The molecule has 0 N–H and O–H groups in total. The van der Waals surface area contributed by atoms with Crippen LogP contribution in [0.1, 0.15) is 80.6 Å². The van der Waals surface area contributed by atoms with E-state index in [9.17, 15) is 4.79 Å². The van der Waals surface area contributed by atoms with Crippen LogP contribution in [0.2, 0.25) is 0 Å². The van der Waals surface area contributed by atoms with Gasteiger partial charge in [-0.25, -0.2) is 0 Å². The molecule has 1 aromatic carbocycles. The molecule has 0 aromatic heterocycles. The zero-order valence-electron chi connectivity index (χ0n) is 14.0. The maximum Gasteiger partial charge on any atom is 0.172 e. The van der Waals surface area contributed by atoms with Crippen LogP contribution in [-0.2, 0) is 6.42 Å². The molecule has 0 radical (unpaired) electrons. The third-order valence-corrected chi connectivity index (χ3v) is 5.97. The lowest BCUT2D eigenvalue weighted by molar-refractivity contribution is 0.102. The highest BCUT2D eigenvalue weighted by atomic mass is 32.2. The van der Waals surface area contributed by atoms with Gasteiger partial charge in [0.25, 0.3) is 0 Å². The molecule has 22 heavy (non-hydrogen) atoms. The fourth-order valence-corrected chi connectivity index (χ4v) is 4.34. The lowest BCUT2D eigenvalue weighted by atomic mass is 10.0. The maximum absolute atomic E-state index is 12.3. The number of hydrogen-bond acceptors (Lipinski definition) is 2. The highest BCUT2D eigenvalue weighted by Gasteiger charge is 2.15. The Kier molecular flexibility index (Phi) is 8.07. The zero-order chi connectivity index (χ0) is 15.6. The van der Waals surface area contributed by atoms with Crippen molar-refractivity contribution in [3.8, 4) is 0 Å². The first-order chi connectivity index (χ1) is 10.8. The predicted octanol–water partition coefficient (Wildman–Crippen LogP) is 6.06. The summed E-state index contributed by atoms with van der Waals surface area (Å²) >= 11 is 1.87. The number of aryl methyl sites for hydroxylation is 1. The van der Waals surface area contributed by atoms with Gasteiger partial charge >= 0.3 is 0 Å². The quantitative estimate of drug-likeness (QED) is 0.407. The van der Waals surface area contributed by atoms with Crippen molar-refractivity contribution in [3.63, 3.8) is 0 Å². The molecular weight excluding hydrogens is 288 g/mol. The van der Waals surface area contributed by atoms with Gasteiger partial charge in [-0.3, -0.25) is 4.79 Å². The topological polar surface area (TPSA) is 17.1 Å². The molecule has 2 rings (SSSR count). The first-order valence-corrected chi connectivity index (χ1v) is 10.1. The Balaban J connectivity index is 1.73. The fourth-order valence-electron chi connectivity index (χ4n) is 3.12. The standard InChI is InChI=1S/C20H30OS/c1-2-3-4-6-9-17-12-14-18(15-13-17)20(21)16-22-19-10-7-5-8-11-19/h12-15,19H,2-11,16H2,1H3. The molecule has 0 amide bonds. The van der Waals surface area contributed by atoms with E-state index in [0.29, 0.717) is 11.5 Å². The van der Waals surface area contributed by atoms with E-state index in [4.69, 9.17) is 0 Å². The molecule has 2 heteroatoms. The molecule has 1 fully saturated rings. The van der Waals surface area contributed by atoms with Crippen LogP contribution in [-0.4, -0.2) is 16.8 Å². The van der Waals surface area contributed by atoms with Crippen LogP contribution in [0, 0.1) is 0 Å². The van der Waals surface area contributed by atoms with Crippen molar-refractivity contribution in [1.82, 2.24) is 0 Å². The Morgan fingerprint density at radius 3 is 2.45 bits per heavy atom. The molecule has 1 saturated carbocycles. The minimum atomic E-state index is 0.299. The Labute approximate surface area is 140 Å². The molecule has 122 valence electrons. The van der Waals surface area contributed by atoms with Crippen LogP contribution < -0.4 is 0 Å². The number of unbranched alkanes of at least 4 members (excludes halogenated alkanes) is 3. The second-order valence-corrected chi connectivity index (χ2v) is 7.79. The summed E-state index contributed by atoms with van der Waals surface area (Å²) in [7, 11) is 0. The van der Waals surface area contributed by atoms with Gasteiger partial charge < -0.3 is 0 Å². The zero-order valence-corrected chi connectivity index (χ0v) is 14.8. The average molecular weight is 319 g/mol. The van der Waals surface area contributed by atoms with Crippen LogP contribution in [0.15, 0.2) is 24.3 Å². The van der Waals surface area contributed by atoms with Crippen LogP contribution in [0.25, 0.3) is 0 Å². The lowest BCUT2D eigenvalue weighted by Gasteiger charge is -2.20. The first kappa shape index (κ1) is 17.6. The summed E-state index contributed by atoms with van der Waals surface area (Å²) in [6.07, 6.45) is 13.0. The third kappa shape index (κ3) is 6.16. The van der Waals surface area contributed by atoms with E-state index in [0.717, 1.165) is 17.2 Å². The summed E-state index contributed by atoms with van der Waals surface area (Å²) in [4.78, 5) is 12.3. The van der Waals surface area contributed by atoms with Gasteiger partial charge in [-0.05, 0) is 31.2 Å². The van der Waals surface area contributed by atoms with E-state index in [1.165, 1.54) is 63.4 Å². The minimum Gasteiger partial charge on any atom is -0.293 e. The summed E-state index contributed by atoms with van der Waals surface area (Å²) < 4.78 is 0. The molecule has 0 spiro atoms. The molecule has 1 aromatic rings. The molecule has 0 aliphatic heterocycles. The number of carbonyl (C=O) groups excluding carboxylic acids is 1. The van der Waals surface area contributed by atoms with Crippen molar-refractivity contribution >= 4 is 17.5 Å². The van der Waals surface area contributed by atoms with Crippen LogP contribution in [0.3, 0.4) is 0 Å². The molecule has 0 saturated heterocycles. The summed E-state index contributed by atoms with van der Waals surface area (Å²) in [6, 6.07) is 8.34. The molecule has 0 atom stereocenters. The smallest absolute Gasteiger partial charge is 0.172 e. The highest BCUT2D eigenvalue weighted by Crippen LogP contribution is 2.28. The maximum atomic E-state index is 12.3. The number of rotatable bonds is 9. The fraction of sp³-hybridized carbons (Fsp3) is 0.650. The van der Waals surface area contributed by atoms with E-state index in [1.54, 1.807) is 0 Å². The van der Waals surface area contributed by atoms with Gasteiger partial charge in [0, 0.05) is 10.8 Å². The first-order valence-electron chi connectivity index (χ1n) is 9.03. The number of carbonyl (C=O) groups is 1. The molecule has 0 bridgehead atoms. The van der Waals surface area contributed by atoms with E-state index < -0.39 is 0 Å². The second kappa shape index (κ2) is 10.1. The monoisotopic (exact) mass is 318 g/mol. The van der Waals surface area contributed by atoms with Crippen LogP contribution >= 0.6 is 11.8 Å². The van der Waals surface area contributed by atoms with Crippen molar-refractivity contribution in [3.05, 3.63) is 35.4 Å². The van der Waals surface area contributed by atoms with E-state index >= 15 is 0 Å². The number of thioether (sulfide) groups is 1. The summed E-state index contributed by atoms with van der Waals surface area (Å²) in [5.41, 5.74) is 2.26. The summed E-state index contributed by atoms with van der Waals surface area (Å²) in [6.45, 7) is 2.24. The van der Waals surface area contributed by atoms with Gasteiger partial charge in [0.1, 0.15) is 0 Å². The van der Waals surface area contributed by atoms with Crippen molar-refractivity contribution in [2.24, 2.45) is 0 Å². The normalized spacial score (nSPS) is 15.9. The summed E-state index contributed by atoms with van der Waals surface area (Å²) in [5.74, 6) is 0.952. The van der Waals surface area contributed by atoms with Gasteiger partial charge in [-0.15, -0.1) is 0 Å². The Morgan fingerprint density at radius 1 is 1.05 bits per heavy atom. The second-order valence-electron chi connectivity index (χ2n) is 6.50. The van der Waals surface area contributed by atoms with E-state index in [1.807, 2.05) is 23.9 Å². The largest absolute Gasteiger partial charge is 0.293 e. The molecule has 1 nitrogen and oxygen atoms in total. The van der Waals surface area contributed by atoms with Crippen LogP contribution in [0.4, 0.5) is 0 Å². The van der Waals surface area contributed by atoms with Crippen molar-refractivity contribution in [2.75, 3.05) is 5.75 Å². The SMILES string of the molecule is CCCCCCc1ccc(C(=O)CSC2CCCCC2)cc1. The van der Waals surface area contributed by atoms with E-state index in [2.05, 4.69) is 19.1 Å². The average Bonchev–Trinajstić information content (AvgIpc) is 2.58. The number of Topliss-reactive ketones (excluding diaryl/α,β-unsaturated/α-hetero) is 1. The molecule has 0 heterocycles. The Morgan fingerprint density at radius 2 is 1.77 bits per heavy atom. The van der Waals surface area contributed by atoms with Gasteiger partial charge in [-0.2, -0.15) is 11.8 Å².